The van der Waals surface area contributed by atoms with Gasteiger partial charge in [-0.3, -0.25) is 9.59 Å². The number of Topliss-reactive ketones (excluding diaryl/α,β-unsaturated/α-hetero) is 1. The van der Waals surface area contributed by atoms with Gasteiger partial charge in [0.15, 0.2) is 0 Å². The molecular weight excluding hydrogens is 481 g/mol. The summed E-state index contributed by atoms with van der Waals surface area (Å²) in [4.78, 5) is 37.1. The fraction of sp³-hybridized carbons (Fsp3) is 0.400. The van der Waals surface area contributed by atoms with Crippen LogP contribution < -0.4 is 10.6 Å². The molecule has 2 aromatic rings. The SMILES string of the molecule is CCC[C@@H](/C=C/C(=O)N1CCc2ccccc21)CC(=O)[C@@H](N)Cc1cccs1.O=C(O)C(F)(F)F. The van der Waals surface area contributed by atoms with Crippen LogP contribution in [0.2, 0.25) is 0 Å². The molecular formula is C25H29F3N2O4S. The number of benzene rings is 1. The Morgan fingerprint density at radius 1 is 1.20 bits per heavy atom. The van der Waals surface area contributed by atoms with Gasteiger partial charge in [-0.25, -0.2) is 4.79 Å². The second kappa shape index (κ2) is 13.2. The molecule has 1 amide bonds. The summed E-state index contributed by atoms with van der Waals surface area (Å²) in [6.45, 7) is 2.81. The van der Waals surface area contributed by atoms with Crippen LogP contribution in [-0.4, -0.2) is 41.5 Å². The molecule has 190 valence electrons. The van der Waals surface area contributed by atoms with Gasteiger partial charge >= 0.3 is 12.1 Å². The van der Waals surface area contributed by atoms with Gasteiger partial charge in [0.25, 0.3) is 5.91 Å². The Morgan fingerprint density at radius 2 is 1.89 bits per heavy atom. The van der Waals surface area contributed by atoms with Crippen molar-refractivity contribution in [2.45, 2.75) is 51.2 Å². The quantitative estimate of drug-likeness (QED) is 0.473. The average Bonchev–Trinajstić information content (AvgIpc) is 3.47. The van der Waals surface area contributed by atoms with Crippen LogP contribution in [0.5, 0.6) is 0 Å². The van der Waals surface area contributed by atoms with Gasteiger partial charge in [0.2, 0.25) is 0 Å². The monoisotopic (exact) mass is 510 g/mol. The zero-order chi connectivity index (χ0) is 26.0. The summed E-state index contributed by atoms with van der Waals surface area (Å²) in [5, 5.41) is 9.12. The first-order valence-corrected chi connectivity index (χ1v) is 12.1. The number of carboxylic acid groups (broad SMARTS) is 1. The number of carbonyl (C=O) groups is 3. The van der Waals surface area contributed by atoms with Crippen molar-refractivity contribution in [1.29, 1.82) is 0 Å². The number of hydrogen-bond acceptors (Lipinski definition) is 5. The highest BCUT2D eigenvalue weighted by molar-refractivity contribution is 7.09. The number of nitrogens with two attached hydrogens (primary N) is 1. The minimum Gasteiger partial charge on any atom is -0.475 e. The first kappa shape index (κ1) is 28.3. The Bertz CT molecular complexity index is 1020. The maximum absolute atomic E-state index is 12.7. The number of nitrogens with zero attached hydrogens (tertiary/aromatic N) is 1. The molecule has 10 heteroatoms. The number of ketones is 1. The Balaban J connectivity index is 0.000000540. The van der Waals surface area contributed by atoms with Crippen molar-refractivity contribution >= 4 is 34.7 Å². The van der Waals surface area contributed by atoms with Crippen LogP contribution in [0.3, 0.4) is 0 Å². The lowest BCUT2D eigenvalue weighted by Gasteiger charge is -2.17. The smallest absolute Gasteiger partial charge is 0.475 e. The van der Waals surface area contributed by atoms with Crippen molar-refractivity contribution in [3.63, 3.8) is 0 Å². The van der Waals surface area contributed by atoms with E-state index in [0.29, 0.717) is 19.4 Å². The van der Waals surface area contributed by atoms with Gasteiger partial charge in [-0.15, -0.1) is 11.3 Å². The van der Waals surface area contributed by atoms with Crippen LogP contribution in [0.25, 0.3) is 0 Å². The van der Waals surface area contributed by atoms with E-state index < -0.39 is 18.2 Å². The molecule has 3 N–H and O–H groups in total. The fourth-order valence-corrected chi connectivity index (χ4v) is 4.45. The molecule has 0 unspecified atom stereocenters. The van der Waals surface area contributed by atoms with E-state index in [1.54, 1.807) is 17.4 Å². The topological polar surface area (TPSA) is 101 Å². The van der Waals surface area contributed by atoms with E-state index in [-0.39, 0.29) is 17.6 Å². The van der Waals surface area contributed by atoms with Crippen LogP contribution in [0.1, 0.15) is 36.6 Å². The van der Waals surface area contributed by atoms with Crippen molar-refractivity contribution in [2.75, 3.05) is 11.4 Å². The summed E-state index contributed by atoms with van der Waals surface area (Å²) < 4.78 is 31.7. The third-order valence-corrected chi connectivity index (χ3v) is 6.34. The molecule has 35 heavy (non-hydrogen) atoms. The molecule has 2 heterocycles. The molecule has 6 nitrogen and oxygen atoms in total. The molecule has 1 aliphatic heterocycles. The van der Waals surface area contributed by atoms with Crippen molar-refractivity contribution in [1.82, 2.24) is 0 Å². The van der Waals surface area contributed by atoms with E-state index in [0.717, 1.165) is 29.8 Å². The minimum absolute atomic E-state index is 0.0126. The van der Waals surface area contributed by atoms with Gasteiger partial charge in [0.05, 0.1) is 6.04 Å². The number of fused-ring (bicyclic) bond motifs is 1. The normalized spacial score (nSPS) is 14.7. The molecule has 2 atom stereocenters. The van der Waals surface area contributed by atoms with Crippen LogP contribution in [-0.2, 0) is 27.2 Å². The lowest BCUT2D eigenvalue weighted by molar-refractivity contribution is -0.192. The van der Waals surface area contributed by atoms with E-state index in [4.69, 9.17) is 15.6 Å². The Labute approximate surface area is 206 Å². The Morgan fingerprint density at radius 3 is 2.49 bits per heavy atom. The summed E-state index contributed by atoms with van der Waals surface area (Å²) in [5.41, 5.74) is 8.33. The fourth-order valence-electron chi connectivity index (χ4n) is 3.68. The molecule has 1 aromatic heterocycles. The summed E-state index contributed by atoms with van der Waals surface area (Å²) in [6, 6.07) is 11.5. The van der Waals surface area contributed by atoms with Gasteiger partial charge in [-0.05, 0) is 47.9 Å². The predicted octanol–water partition coefficient (Wildman–Crippen LogP) is 4.77. The maximum atomic E-state index is 12.7. The van der Waals surface area contributed by atoms with E-state index >= 15 is 0 Å². The summed E-state index contributed by atoms with van der Waals surface area (Å²) in [6.07, 6.45) is 2.16. The molecule has 0 spiro atoms. The van der Waals surface area contributed by atoms with Crippen molar-refractivity contribution in [3.8, 4) is 0 Å². The number of thiophene rings is 1. The highest BCUT2D eigenvalue weighted by atomic mass is 32.1. The van der Waals surface area contributed by atoms with Gasteiger partial charge in [0.1, 0.15) is 5.78 Å². The van der Waals surface area contributed by atoms with Crippen molar-refractivity contribution in [2.24, 2.45) is 11.7 Å². The first-order chi connectivity index (χ1) is 16.5. The van der Waals surface area contributed by atoms with Gasteiger partial charge < -0.3 is 15.7 Å². The van der Waals surface area contributed by atoms with Crippen LogP contribution in [0, 0.1) is 5.92 Å². The largest absolute Gasteiger partial charge is 0.490 e. The number of carboxylic acids is 1. The second-order valence-corrected chi connectivity index (χ2v) is 9.17. The van der Waals surface area contributed by atoms with Crippen molar-refractivity contribution in [3.05, 3.63) is 64.4 Å². The van der Waals surface area contributed by atoms with Crippen LogP contribution in [0.15, 0.2) is 53.9 Å². The molecule has 0 aliphatic carbocycles. The molecule has 0 radical (unpaired) electrons. The van der Waals surface area contributed by atoms with Gasteiger partial charge in [0, 0.05) is 30.0 Å². The molecule has 0 saturated carbocycles. The standard InChI is InChI=1S/C23H28N2O2S.C2HF3O2/c1-2-6-17(15-22(26)20(24)16-19-8-5-14-28-19)10-11-23(27)25-13-12-18-7-3-4-9-21(18)25;3-2(4,5)1(6)7/h3-5,7-11,14,17,20H,2,6,12-13,15-16,24H2,1H3;(H,6,7)/b11-10+;/t17-,20-;/m0./s1. The first-order valence-electron chi connectivity index (χ1n) is 11.2. The number of aliphatic carboxylic acids is 1. The van der Waals surface area contributed by atoms with Crippen LogP contribution in [0.4, 0.5) is 18.9 Å². The number of para-hydroxylation sites is 1. The summed E-state index contributed by atoms with van der Waals surface area (Å²) in [7, 11) is 0. The third-order valence-electron chi connectivity index (χ3n) is 5.44. The molecule has 0 saturated heterocycles. The Hall–Kier alpha value is -2.98. The maximum Gasteiger partial charge on any atom is 0.490 e. The average molecular weight is 511 g/mol. The highest BCUT2D eigenvalue weighted by Crippen LogP contribution is 2.28. The number of rotatable bonds is 9. The highest BCUT2D eigenvalue weighted by Gasteiger charge is 2.38. The zero-order valence-corrected chi connectivity index (χ0v) is 20.1. The van der Waals surface area contributed by atoms with Crippen molar-refractivity contribution < 1.29 is 32.7 Å². The number of carbonyl (C=O) groups excluding carboxylic acids is 2. The zero-order valence-electron chi connectivity index (χ0n) is 19.3. The second-order valence-electron chi connectivity index (χ2n) is 8.14. The molecule has 1 aromatic carbocycles. The van der Waals surface area contributed by atoms with E-state index in [1.807, 2.05) is 46.7 Å². The predicted molar refractivity (Wildman–Crippen MR) is 129 cm³/mol. The lowest BCUT2D eigenvalue weighted by atomic mass is 9.93. The summed E-state index contributed by atoms with van der Waals surface area (Å²) >= 11 is 1.62. The number of amides is 1. The number of alkyl halides is 3. The number of anilines is 1. The van der Waals surface area contributed by atoms with Crippen LogP contribution >= 0.6 is 11.3 Å². The molecule has 0 bridgehead atoms. The lowest BCUT2D eigenvalue weighted by Crippen LogP contribution is -2.33. The minimum atomic E-state index is -5.08. The van der Waals surface area contributed by atoms with Gasteiger partial charge in [-0.2, -0.15) is 13.2 Å². The number of allylic oxidation sites excluding steroid dienone is 1. The van der Waals surface area contributed by atoms with E-state index in [9.17, 15) is 22.8 Å². The van der Waals surface area contributed by atoms with E-state index in [2.05, 4.69) is 13.0 Å². The van der Waals surface area contributed by atoms with E-state index in [1.165, 1.54) is 5.56 Å². The third kappa shape index (κ3) is 8.95. The Kier molecular flexibility index (Phi) is 10.7. The molecule has 3 rings (SSSR count). The number of hydrogen-bond donors (Lipinski definition) is 2. The molecule has 0 fully saturated rings. The number of halogens is 3. The van der Waals surface area contributed by atoms with Gasteiger partial charge in [-0.1, -0.05) is 43.7 Å². The summed E-state index contributed by atoms with van der Waals surface area (Å²) in [5.74, 6) is -2.65. The molecule has 1 aliphatic rings.